The van der Waals surface area contributed by atoms with E-state index < -0.39 is 5.97 Å². The fourth-order valence-electron chi connectivity index (χ4n) is 1.90. The first-order chi connectivity index (χ1) is 8.74. The summed E-state index contributed by atoms with van der Waals surface area (Å²) >= 11 is 0. The molecule has 0 saturated carbocycles. The lowest BCUT2D eigenvalue weighted by Crippen LogP contribution is -2.22. The van der Waals surface area contributed by atoms with E-state index in [-0.39, 0.29) is 12.4 Å². The number of hydrogen-bond acceptors (Lipinski definition) is 4. The molecule has 3 rings (SSSR count). The molecule has 18 heavy (non-hydrogen) atoms. The van der Waals surface area contributed by atoms with E-state index in [4.69, 9.17) is 9.47 Å². The molecule has 2 aromatic rings. The van der Waals surface area contributed by atoms with Crippen LogP contribution in [-0.4, -0.2) is 12.8 Å². The van der Waals surface area contributed by atoms with Crippen molar-refractivity contribution in [2.45, 2.75) is 0 Å². The Morgan fingerprint density at radius 3 is 2.61 bits per heavy atom. The first kappa shape index (κ1) is 10.7. The van der Waals surface area contributed by atoms with Crippen molar-refractivity contribution < 1.29 is 19.4 Å². The molecular formula is C14H9O4-. The topological polar surface area (TPSA) is 58.6 Å². The van der Waals surface area contributed by atoms with Gasteiger partial charge in [-0.15, -0.1) is 0 Å². The molecular weight excluding hydrogens is 232 g/mol. The monoisotopic (exact) mass is 241 g/mol. The van der Waals surface area contributed by atoms with E-state index in [1.54, 1.807) is 12.1 Å². The van der Waals surface area contributed by atoms with Crippen LogP contribution in [0.2, 0.25) is 0 Å². The summed E-state index contributed by atoms with van der Waals surface area (Å²) in [7, 11) is 0. The van der Waals surface area contributed by atoms with E-state index in [1.807, 2.05) is 24.3 Å². The number of hydrogen-bond donors (Lipinski definition) is 0. The molecule has 0 N–H and O–H groups in total. The molecule has 0 saturated heterocycles. The first-order valence-electron chi connectivity index (χ1n) is 5.45. The Morgan fingerprint density at radius 2 is 1.78 bits per heavy atom. The maximum atomic E-state index is 10.8. The molecule has 1 aliphatic heterocycles. The van der Waals surface area contributed by atoms with Crippen LogP contribution in [-0.2, 0) is 0 Å². The third-order valence-electron chi connectivity index (χ3n) is 2.80. The van der Waals surface area contributed by atoms with E-state index in [0.29, 0.717) is 11.5 Å². The summed E-state index contributed by atoms with van der Waals surface area (Å²) in [5.41, 5.74) is 1.84. The summed E-state index contributed by atoms with van der Waals surface area (Å²) in [5.74, 6) is 0.193. The zero-order valence-electron chi connectivity index (χ0n) is 9.38. The Balaban J connectivity index is 2.04. The van der Waals surface area contributed by atoms with Crippen LogP contribution in [0.4, 0.5) is 0 Å². The van der Waals surface area contributed by atoms with Gasteiger partial charge in [0, 0.05) is 0 Å². The van der Waals surface area contributed by atoms with E-state index in [2.05, 4.69) is 0 Å². The number of rotatable bonds is 2. The number of carbonyl (C=O) groups is 1. The van der Waals surface area contributed by atoms with Gasteiger partial charge in [0.15, 0.2) is 11.5 Å². The van der Waals surface area contributed by atoms with Gasteiger partial charge < -0.3 is 19.4 Å². The number of carboxylic acids is 1. The molecule has 4 nitrogen and oxygen atoms in total. The van der Waals surface area contributed by atoms with Crippen LogP contribution in [0.3, 0.4) is 0 Å². The summed E-state index contributed by atoms with van der Waals surface area (Å²) in [5, 5.41) is 10.8. The van der Waals surface area contributed by atoms with Crippen LogP contribution >= 0.6 is 0 Å². The molecule has 0 fully saturated rings. The lowest BCUT2D eigenvalue weighted by Gasteiger charge is -2.07. The molecule has 0 radical (unpaired) electrons. The quantitative estimate of drug-likeness (QED) is 0.798. The highest BCUT2D eigenvalue weighted by Crippen LogP contribution is 2.35. The summed E-state index contributed by atoms with van der Waals surface area (Å²) in [6.07, 6.45) is 0. The van der Waals surface area contributed by atoms with Crippen LogP contribution in [0, 0.1) is 0 Å². The van der Waals surface area contributed by atoms with Gasteiger partial charge in [-0.25, -0.2) is 0 Å². The standard InChI is InChI=1S/C14H10O4/c15-14(16)11-3-1-2-9(6-11)10-4-5-12-13(7-10)18-8-17-12/h1-7H,8H2,(H,15,16)/p-1. The third-order valence-corrected chi connectivity index (χ3v) is 2.80. The van der Waals surface area contributed by atoms with E-state index >= 15 is 0 Å². The van der Waals surface area contributed by atoms with Crippen molar-refractivity contribution in [3.05, 3.63) is 48.0 Å². The second-order valence-electron chi connectivity index (χ2n) is 3.94. The van der Waals surface area contributed by atoms with Gasteiger partial charge in [-0.1, -0.05) is 24.3 Å². The highest BCUT2D eigenvalue weighted by Gasteiger charge is 2.13. The molecule has 90 valence electrons. The Labute approximate surface area is 103 Å². The van der Waals surface area contributed by atoms with E-state index in [0.717, 1.165) is 11.1 Å². The minimum absolute atomic E-state index is 0.158. The van der Waals surface area contributed by atoms with Gasteiger partial charge >= 0.3 is 0 Å². The number of aromatic carboxylic acids is 1. The lowest BCUT2D eigenvalue weighted by molar-refractivity contribution is -0.255. The average Bonchev–Trinajstić information content (AvgIpc) is 2.86. The molecule has 0 amide bonds. The predicted molar refractivity (Wildman–Crippen MR) is 62.3 cm³/mol. The summed E-state index contributed by atoms with van der Waals surface area (Å²) in [4.78, 5) is 10.8. The number of ether oxygens (including phenoxy) is 2. The predicted octanol–water partition coefficient (Wildman–Crippen LogP) is 1.45. The minimum atomic E-state index is -1.18. The molecule has 0 aromatic heterocycles. The highest BCUT2D eigenvalue weighted by atomic mass is 16.7. The molecule has 4 heteroatoms. The Morgan fingerprint density at radius 1 is 1.00 bits per heavy atom. The molecule has 0 aliphatic carbocycles. The molecule has 0 spiro atoms. The van der Waals surface area contributed by atoms with Gasteiger partial charge in [-0.3, -0.25) is 0 Å². The highest BCUT2D eigenvalue weighted by molar-refractivity contribution is 5.87. The van der Waals surface area contributed by atoms with Crippen molar-refractivity contribution in [1.29, 1.82) is 0 Å². The van der Waals surface area contributed by atoms with Crippen LogP contribution < -0.4 is 14.6 Å². The van der Waals surface area contributed by atoms with Crippen molar-refractivity contribution in [2.75, 3.05) is 6.79 Å². The summed E-state index contributed by atoms with van der Waals surface area (Å²) < 4.78 is 10.5. The minimum Gasteiger partial charge on any atom is -0.545 e. The molecule has 0 atom stereocenters. The Bertz CT molecular complexity index is 619. The van der Waals surface area contributed by atoms with Crippen LogP contribution in [0.25, 0.3) is 11.1 Å². The maximum absolute atomic E-state index is 10.8. The van der Waals surface area contributed by atoms with Gasteiger partial charge in [-0.2, -0.15) is 0 Å². The Hall–Kier alpha value is -2.49. The van der Waals surface area contributed by atoms with Crippen molar-refractivity contribution in [2.24, 2.45) is 0 Å². The lowest BCUT2D eigenvalue weighted by atomic mass is 10.0. The summed E-state index contributed by atoms with van der Waals surface area (Å²) in [6.45, 7) is 0.220. The summed E-state index contributed by atoms with van der Waals surface area (Å²) in [6, 6.07) is 12.1. The van der Waals surface area contributed by atoms with Gasteiger partial charge in [0.05, 0.1) is 5.97 Å². The molecule has 1 heterocycles. The van der Waals surface area contributed by atoms with Crippen molar-refractivity contribution in [3.63, 3.8) is 0 Å². The van der Waals surface area contributed by atoms with E-state index in [9.17, 15) is 9.90 Å². The number of fused-ring (bicyclic) bond motifs is 1. The van der Waals surface area contributed by atoms with Gasteiger partial charge in [0.25, 0.3) is 0 Å². The maximum Gasteiger partial charge on any atom is 0.231 e. The third kappa shape index (κ3) is 1.78. The average molecular weight is 241 g/mol. The Kier molecular flexibility index (Phi) is 2.41. The number of carboxylic acid groups (broad SMARTS) is 1. The smallest absolute Gasteiger partial charge is 0.231 e. The van der Waals surface area contributed by atoms with Gasteiger partial charge in [0.1, 0.15) is 0 Å². The van der Waals surface area contributed by atoms with Crippen molar-refractivity contribution in [3.8, 4) is 22.6 Å². The van der Waals surface area contributed by atoms with Crippen molar-refractivity contribution >= 4 is 5.97 Å². The van der Waals surface area contributed by atoms with Gasteiger partial charge in [-0.05, 0) is 34.9 Å². The fraction of sp³-hybridized carbons (Fsp3) is 0.0714. The first-order valence-corrected chi connectivity index (χ1v) is 5.45. The second-order valence-corrected chi connectivity index (χ2v) is 3.94. The largest absolute Gasteiger partial charge is 0.545 e. The molecule has 1 aliphatic rings. The molecule has 0 bridgehead atoms. The van der Waals surface area contributed by atoms with Crippen LogP contribution in [0.1, 0.15) is 10.4 Å². The van der Waals surface area contributed by atoms with E-state index in [1.165, 1.54) is 6.07 Å². The number of carbonyl (C=O) groups excluding carboxylic acids is 1. The molecule has 0 unspecified atom stereocenters. The zero-order chi connectivity index (χ0) is 12.5. The fourth-order valence-corrected chi connectivity index (χ4v) is 1.90. The SMILES string of the molecule is O=C([O-])c1cccc(-c2ccc3c(c2)OCO3)c1. The number of benzene rings is 2. The van der Waals surface area contributed by atoms with Crippen LogP contribution in [0.15, 0.2) is 42.5 Å². The second kappa shape index (κ2) is 4.07. The normalized spacial score (nSPS) is 12.4. The molecule has 2 aromatic carbocycles. The zero-order valence-corrected chi connectivity index (χ0v) is 9.38. The van der Waals surface area contributed by atoms with Gasteiger partial charge in [0.2, 0.25) is 6.79 Å². The van der Waals surface area contributed by atoms with Crippen molar-refractivity contribution in [1.82, 2.24) is 0 Å². The van der Waals surface area contributed by atoms with Crippen LogP contribution in [0.5, 0.6) is 11.5 Å².